The molecule has 30 heavy (non-hydrogen) atoms. The summed E-state index contributed by atoms with van der Waals surface area (Å²) in [4.78, 5) is 28.2. The van der Waals surface area contributed by atoms with Crippen LogP contribution in [0.5, 0.6) is 0 Å². The summed E-state index contributed by atoms with van der Waals surface area (Å²) >= 11 is 0. The highest BCUT2D eigenvalue weighted by Gasteiger charge is 2.25. The Bertz CT molecular complexity index is 1050. The highest BCUT2D eigenvalue weighted by Crippen LogP contribution is 2.17. The maximum atomic E-state index is 12.5. The molecule has 2 N–H and O–H groups in total. The highest BCUT2D eigenvalue weighted by molar-refractivity contribution is 7.90. The Balaban J connectivity index is 1.35. The first-order valence-electron chi connectivity index (χ1n) is 9.82. The summed E-state index contributed by atoms with van der Waals surface area (Å²) < 4.78 is 26.8. The first-order chi connectivity index (χ1) is 14.4. The quantitative estimate of drug-likeness (QED) is 0.752. The lowest BCUT2D eigenvalue weighted by atomic mass is 10.1. The molecule has 158 valence electrons. The zero-order valence-corrected chi connectivity index (χ0v) is 17.2. The molecule has 0 aliphatic carbocycles. The lowest BCUT2D eigenvalue weighted by Gasteiger charge is -2.26. The number of nitrogens with zero attached hydrogens (tertiary/aromatic N) is 3. The zero-order valence-electron chi connectivity index (χ0n) is 16.4. The van der Waals surface area contributed by atoms with Gasteiger partial charge in [0.15, 0.2) is 0 Å². The SMILES string of the molecule is O=C(NCc1cccc(NC(=O)N2CCCC2)c1)C1=CN2CCS(=O)(=O)N=C2C=C1. The number of amides is 3. The van der Waals surface area contributed by atoms with Crippen molar-refractivity contribution in [3.05, 3.63) is 53.8 Å². The summed E-state index contributed by atoms with van der Waals surface area (Å²) in [5.74, 6) is -0.0319. The van der Waals surface area contributed by atoms with Gasteiger partial charge in [0.2, 0.25) is 0 Å². The Hall–Kier alpha value is -3.14. The number of rotatable bonds is 4. The number of nitrogens with one attached hydrogen (secondary N) is 2. The third-order valence-electron chi connectivity index (χ3n) is 5.11. The molecule has 4 rings (SSSR count). The Kier molecular flexibility index (Phi) is 5.58. The summed E-state index contributed by atoms with van der Waals surface area (Å²) in [6, 6.07) is 7.25. The number of hydrogen-bond acceptors (Lipinski definition) is 5. The van der Waals surface area contributed by atoms with E-state index in [1.54, 1.807) is 22.1 Å². The normalized spacial score (nSPS) is 19.6. The van der Waals surface area contributed by atoms with Gasteiger partial charge in [-0.3, -0.25) is 4.79 Å². The number of sulfonamides is 1. The van der Waals surface area contributed by atoms with Crippen LogP contribution in [0.4, 0.5) is 10.5 Å². The fourth-order valence-corrected chi connectivity index (χ4v) is 4.47. The number of benzene rings is 1. The molecule has 3 amide bonds. The number of fused-ring (bicyclic) bond motifs is 1. The van der Waals surface area contributed by atoms with Crippen molar-refractivity contribution in [1.82, 2.24) is 15.1 Å². The largest absolute Gasteiger partial charge is 0.348 e. The second-order valence-electron chi connectivity index (χ2n) is 7.35. The first kappa shape index (κ1) is 20.1. The van der Waals surface area contributed by atoms with Gasteiger partial charge < -0.3 is 20.4 Å². The van der Waals surface area contributed by atoms with Gasteiger partial charge in [0, 0.05) is 38.1 Å². The molecule has 1 fully saturated rings. The van der Waals surface area contributed by atoms with Crippen LogP contribution in [0, 0.1) is 0 Å². The molecule has 0 aromatic heterocycles. The van der Waals surface area contributed by atoms with Crippen LogP contribution in [-0.4, -0.2) is 61.4 Å². The molecule has 0 bridgehead atoms. The molecule has 0 atom stereocenters. The standard InChI is InChI=1S/C20H23N5O4S/c26-19(16-6-7-18-23-30(28,29)11-10-25(18)14-16)21-13-15-4-3-5-17(12-15)22-20(27)24-8-1-2-9-24/h3-7,12,14H,1-2,8-11,13H2,(H,21,26)(H,22,27). The molecule has 9 nitrogen and oxygen atoms in total. The highest BCUT2D eigenvalue weighted by atomic mass is 32.2. The van der Waals surface area contributed by atoms with Crippen LogP contribution in [0.1, 0.15) is 18.4 Å². The Morgan fingerprint density at radius 3 is 2.70 bits per heavy atom. The topological polar surface area (TPSA) is 111 Å². The molecule has 3 aliphatic rings. The molecule has 3 heterocycles. The van der Waals surface area contributed by atoms with Crippen LogP contribution in [0.2, 0.25) is 0 Å². The lowest BCUT2D eigenvalue weighted by molar-refractivity contribution is -0.117. The molecule has 0 saturated carbocycles. The summed E-state index contributed by atoms with van der Waals surface area (Å²) in [5, 5.41) is 5.75. The third kappa shape index (κ3) is 4.70. The Labute approximate surface area is 175 Å². The predicted molar refractivity (Wildman–Crippen MR) is 113 cm³/mol. The van der Waals surface area contributed by atoms with Crippen LogP contribution in [0.3, 0.4) is 0 Å². The molecular formula is C20H23N5O4S. The number of amidine groups is 1. The molecule has 1 aromatic carbocycles. The van der Waals surface area contributed by atoms with E-state index in [1.165, 1.54) is 6.08 Å². The van der Waals surface area contributed by atoms with Crippen molar-refractivity contribution in [2.24, 2.45) is 4.40 Å². The molecule has 0 radical (unpaired) electrons. The third-order valence-corrected chi connectivity index (χ3v) is 6.27. The van der Waals surface area contributed by atoms with Gasteiger partial charge in [-0.15, -0.1) is 4.40 Å². The van der Waals surface area contributed by atoms with E-state index in [0.717, 1.165) is 31.5 Å². The number of urea groups is 1. The average Bonchev–Trinajstić information content (AvgIpc) is 3.26. The van der Waals surface area contributed by atoms with E-state index in [2.05, 4.69) is 15.0 Å². The van der Waals surface area contributed by atoms with Gasteiger partial charge in [0.05, 0.1) is 11.3 Å². The summed E-state index contributed by atoms with van der Waals surface area (Å²) in [6.45, 7) is 2.12. The van der Waals surface area contributed by atoms with Crippen LogP contribution >= 0.6 is 0 Å². The van der Waals surface area contributed by atoms with Crippen molar-refractivity contribution in [1.29, 1.82) is 0 Å². The van der Waals surface area contributed by atoms with Gasteiger partial charge in [-0.2, -0.15) is 0 Å². The van der Waals surface area contributed by atoms with Crippen molar-refractivity contribution in [3.63, 3.8) is 0 Å². The van der Waals surface area contributed by atoms with E-state index in [-0.39, 0.29) is 24.2 Å². The number of carbonyl (C=O) groups excluding carboxylic acids is 2. The van der Waals surface area contributed by atoms with Crippen LogP contribution < -0.4 is 10.6 Å². The molecular weight excluding hydrogens is 406 g/mol. The molecule has 1 saturated heterocycles. The van der Waals surface area contributed by atoms with Gasteiger partial charge in [-0.1, -0.05) is 12.1 Å². The minimum Gasteiger partial charge on any atom is -0.348 e. The summed E-state index contributed by atoms with van der Waals surface area (Å²) in [7, 11) is -3.42. The van der Waals surface area contributed by atoms with E-state index >= 15 is 0 Å². The second-order valence-corrected chi connectivity index (χ2v) is 9.11. The maximum Gasteiger partial charge on any atom is 0.321 e. The fourth-order valence-electron chi connectivity index (χ4n) is 3.50. The second kappa shape index (κ2) is 8.31. The van der Waals surface area contributed by atoms with Crippen molar-refractivity contribution in [2.75, 3.05) is 30.7 Å². The molecule has 1 aromatic rings. The van der Waals surface area contributed by atoms with E-state index in [9.17, 15) is 18.0 Å². The molecule has 3 aliphatic heterocycles. The van der Waals surface area contributed by atoms with Gasteiger partial charge in [0.25, 0.3) is 15.9 Å². The molecule has 10 heteroatoms. The first-order valence-corrected chi connectivity index (χ1v) is 11.4. The summed E-state index contributed by atoms with van der Waals surface area (Å²) in [5.41, 5.74) is 1.96. The van der Waals surface area contributed by atoms with Crippen LogP contribution in [0.25, 0.3) is 0 Å². The van der Waals surface area contributed by atoms with Gasteiger partial charge in [-0.25, -0.2) is 13.2 Å². The molecule has 0 unspecified atom stereocenters. The van der Waals surface area contributed by atoms with E-state index in [1.807, 2.05) is 24.3 Å². The number of carbonyl (C=O) groups is 2. The smallest absolute Gasteiger partial charge is 0.321 e. The lowest BCUT2D eigenvalue weighted by Crippen LogP contribution is -2.38. The van der Waals surface area contributed by atoms with Crippen molar-refractivity contribution < 1.29 is 18.0 Å². The minimum atomic E-state index is -3.42. The van der Waals surface area contributed by atoms with Crippen molar-refractivity contribution in [3.8, 4) is 0 Å². The van der Waals surface area contributed by atoms with E-state index in [4.69, 9.17) is 0 Å². The van der Waals surface area contributed by atoms with E-state index < -0.39 is 10.0 Å². The van der Waals surface area contributed by atoms with Gasteiger partial charge in [-0.05, 0) is 42.7 Å². The fraction of sp³-hybridized carbons (Fsp3) is 0.350. The van der Waals surface area contributed by atoms with Crippen molar-refractivity contribution in [2.45, 2.75) is 19.4 Å². The average molecular weight is 430 g/mol. The number of hydrogen-bond donors (Lipinski definition) is 2. The van der Waals surface area contributed by atoms with Crippen LogP contribution in [-0.2, 0) is 21.4 Å². The number of likely N-dealkylation sites (tertiary alicyclic amines) is 1. The Morgan fingerprint density at radius 2 is 1.90 bits per heavy atom. The maximum absolute atomic E-state index is 12.5. The van der Waals surface area contributed by atoms with Gasteiger partial charge in [0.1, 0.15) is 5.84 Å². The zero-order chi connectivity index (χ0) is 21.1. The van der Waals surface area contributed by atoms with Gasteiger partial charge >= 0.3 is 6.03 Å². The minimum absolute atomic E-state index is 0.0777. The van der Waals surface area contributed by atoms with Crippen molar-refractivity contribution >= 4 is 33.5 Å². The van der Waals surface area contributed by atoms with Crippen LogP contribution in [0.15, 0.2) is 52.6 Å². The molecule has 0 spiro atoms. The predicted octanol–water partition coefficient (Wildman–Crippen LogP) is 1.43. The monoisotopic (exact) mass is 429 g/mol. The summed E-state index contributed by atoms with van der Waals surface area (Å²) in [6.07, 6.45) is 6.75. The Morgan fingerprint density at radius 1 is 1.10 bits per heavy atom. The van der Waals surface area contributed by atoms with E-state index in [0.29, 0.717) is 23.6 Å². The number of anilines is 1.